The van der Waals surface area contributed by atoms with Crippen LogP contribution in [0.1, 0.15) is 62.3 Å². The maximum atomic E-state index is 13.5. The molecule has 0 radical (unpaired) electrons. The van der Waals surface area contributed by atoms with Crippen LogP contribution in [0.3, 0.4) is 0 Å². The second-order valence-corrected chi connectivity index (χ2v) is 9.33. The van der Waals surface area contributed by atoms with Crippen molar-refractivity contribution in [3.8, 4) is 0 Å². The van der Waals surface area contributed by atoms with Gasteiger partial charge in [0, 0.05) is 18.1 Å². The number of urea groups is 1. The second kappa shape index (κ2) is 9.81. The summed E-state index contributed by atoms with van der Waals surface area (Å²) in [6.45, 7) is 5.01. The van der Waals surface area contributed by atoms with Crippen molar-refractivity contribution in [3.05, 3.63) is 71.0 Å². The van der Waals surface area contributed by atoms with Gasteiger partial charge in [0.1, 0.15) is 5.82 Å². The van der Waals surface area contributed by atoms with Gasteiger partial charge in [-0.1, -0.05) is 49.7 Å². The van der Waals surface area contributed by atoms with Crippen molar-refractivity contribution in [2.24, 2.45) is 0 Å². The first-order valence-corrected chi connectivity index (χ1v) is 11.7. The van der Waals surface area contributed by atoms with E-state index in [1.807, 2.05) is 36.9 Å². The maximum absolute atomic E-state index is 13.5. The number of halogens is 1. The summed E-state index contributed by atoms with van der Waals surface area (Å²) in [6.07, 6.45) is 3.48. The van der Waals surface area contributed by atoms with Gasteiger partial charge in [-0.15, -0.1) is 0 Å². The van der Waals surface area contributed by atoms with Crippen LogP contribution < -0.4 is 10.6 Å². The molecule has 1 aliphatic carbocycles. The van der Waals surface area contributed by atoms with E-state index in [9.17, 15) is 14.0 Å². The summed E-state index contributed by atoms with van der Waals surface area (Å²) in [7, 11) is 0. The average molecular weight is 454 g/mol. The number of benzene rings is 2. The fourth-order valence-electron chi connectivity index (χ4n) is 4.87. The normalized spacial score (nSPS) is 23.8. The van der Waals surface area contributed by atoms with E-state index in [4.69, 9.17) is 4.74 Å². The van der Waals surface area contributed by atoms with E-state index in [0.29, 0.717) is 26.0 Å². The standard InChI is InChI=1S/C26H32FN3O3/c1-3-4-15-33-25(32)29-26(2)16-21(17-26)28-24(31)30-14-13-18-7-5-6-8-22(18)23(30)19-9-11-20(27)12-10-19/h5-12,21,23H,3-4,13-17H2,1-2H3,(H,28,31)(H,29,32)/t21?,23-,26?/m0/s1. The predicted molar refractivity (Wildman–Crippen MR) is 124 cm³/mol. The zero-order chi connectivity index (χ0) is 23.4. The third-order valence-electron chi connectivity index (χ3n) is 6.59. The minimum absolute atomic E-state index is 0.0236. The van der Waals surface area contributed by atoms with Gasteiger partial charge < -0.3 is 20.3 Å². The molecule has 7 heteroatoms. The van der Waals surface area contributed by atoms with Gasteiger partial charge in [0.2, 0.25) is 0 Å². The molecule has 2 aliphatic rings. The lowest BCUT2D eigenvalue weighted by Gasteiger charge is -2.46. The van der Waals surface area contributed by atoms with E-state index in [1.54, 1.807) is 12.1 Å². The van der Waals surface area contributed by atoms with Crippen LogP contribution in [0.5, 0.6) is 0 Å². The van der Waals surface area contributed by atoms with E-state index in [0.717, 1.165) is 30.4 Å². The van der Waals surface area contributed by atoms with Gasteiger partial charge in [-0.3, -0.25) is 0 Å². The number of alkyl carbamates (subject to hydrolysis) is 1. The summed E-state index contributed by atoms with van der Waals surface area (Å²) in [5, 5.41) is 6.06. The van der Waals surface area contributed by atoms with Crippen LogP contribution in [0.4, 0.5) is 14.0 Å². The lowest BCUT2D eigenvalue weighted by atomic mass is 9.74. The second-order valence-electron chi connectivity index (χ2n) is 9.33. The number of amides is 3. The molecule has 1 atom stereocenters. The molecule has 0 spiro atoms. The van der Waals surface area contributed by atoms with Crippen LogP contribution in [0, 0.1) is 5.82 Å². The lowest BCUT2D eigenvalue weighted by molar-refractivity contribution is 0.1000. The molecule has 0 aromatic heterocycles. The topological polar surface area (TPSA) is 70.7 Å². The Morgan fingerprint density at radius 1 is 1.15 bits per heavy atom. The Morgan fingerprint density at radius 2 is 1.88 bits per heavy atom. The van der Waals surface area contributed by atoms with Crippen molar-refractivity contribution in [2.45, 2.75) is 63.6 Å². The number of carbonyl (C=O) groups excluding carboxylic acids is 2. The van der Waals surface area contributed by atoms with Gasteiger partial charge in [-0.05, 0) is 61.4 Å². The summed E-state index contributed by atoms with van der Waals surface area (Å²) >= 11 is 0. The highest BCUT2D eigenvalue weighted by molar-refractivity contribution is 5.77. The van der Waals surface area contributed by atoms with Gasteiger partial charge in [0.15, 0.2) is 0 Å². The highest BCUT2D eigenvalue weighted by Gasteiger charge is 2.43. The molecule has 6 nitrogen and oxygen atoms in total. The van der Waals surface area contributed by atoms with Gasteiger partial charge in [-0.25, -0.2) is 14.0 Å². The van der Waals surface area contributed by atoms with Crippen molar-refractivity contribution in [2.75, 3.05) is 13.2 Å². The fraction of sp³-hybridized carbons (Fsp3) is 0.462. The number of ether oxygens (including phenoxy) is 1. The Kier molecular flexibility index (Phi) is 6.86. The molecule has 4 rings (SSSR count). The molecule has 2 N–H and O–H groups in total. The first-order chi connectivity index (χ1) is 15.9. The molecule has 1 aliphatic heterocycles. The molecule has 0 unspecified atom stereocenters. The SMILES string of the molecule is CCCCOC(=O)NC1(C)CC(NC(=O)N2CCc3ccccc3[C@@H]2c2ccc(F)cc2)C1. The van der Waals surface area contributed by atoms with E-state index in [1.165, 1.54) is 17.7 Å². The van der Waals surface area contributed by atoms with Crippen molar-refractivity contribution < 1.29 is 18.7 Å². The quantitative estimate of drug-likeness (QED) is 0.610. The number of rotatable bonds is 6. The Labute approximate surface area is 194 Å². The molecule has 0 saturated heterocycles. The molecular weight excluding hydrogens is 421 g/mol. The van der Waals surface area contributed by atoms with Gasteiger partial charge in [0.05, 0.1) is 12.6 Å². The van der Waals surface area contributed by atoms with Crippen LogP contribution in [-0.2, 0) is 11.2 Å². The average Bonchev–Trinajstić information content (AvgIpc) is 2.78. The molecular formula is C26H32FN3O3. The fourth-order valence-corrected chi connectivity index (χ4v) is 4.87. The summed E-state index contributed by atoms with van der Waals surface area (Å²) in [5.74, 6) is -0.298. The highest BCUT2D eigenvalue weighted by Crippen LogP contribution is 2.36. The van der Waals surface area contributed by atoms with Gasteiger partial charge in [-0.2, -0.15) is 0 Å². The van der Waals surface area contributed by atoms with Crippen LogP contribution in [0.2, 0.25) is 0 Å². The zero-order valence-electron chi connectivity index (χ0n) is 19.3. The Morgan fingerprint density at radius 3 is 2.61 bits per heavy atom. The highest BCUT2D eigenvalue weighted by atomic mass is 19.1. The van der Waals surface area contributed by atoms with Crippen molar-refractivity contribution in [1.29, 1.82) is 0 Å². The smallest absolute Gasteiger partial charge is 0.407 e. The first kappa shape index (κ1) is 23.1. The first-order valence-electron chi connectivity index (χ1n) is 11.7. The molecule has 0 bridgehead atoms. The number of nitrogens with zero attached hydrogens (tertiary/aromatic N) is 1. The molecule has 33 heavy (non-hydrogen) atoms. The number of unbranched alkanes of at least 4 members (excludes halogenated alkanes) is 1. The number of hydrogen-bond acceptors (Lipinski definition) is 3. The van der Waals surface area contributed by atoms with E-state index >= 15 is 0 Å². The van der Waals surface area contributed by atoms with E-state index < -0.39 is 6.09 Å². The molecule has 2 aromatic rings. The Balaban J connectivity index is 1.40. The Hall–Kier alpha value is -3.09. The van der Waals surface area contributed by atoms with Crippen molar-refractivity contribution in [3.63, 3.8) is 0 Å². The number of hydrogen-bond donors (Lipinski definition) is 2. The monoisotopic (exact) mass is 453 g/mol. The summed E-state index contributed by atoms with van der Waals surface area (Å²) in [4.78, 5) is 27.1. The van der Waals surface area contributed by atoms with Crippen LogP contribution >= 0.6 is 0 Å². The largest absolute Gasteiger partial charge is 0.450 e. The van der Waals surface area contributed by atoms with Gasteiger partial charge >= 0.3 is 12.1 Å². The van der Waals surface area contributed by atoms with Crippen molar-refractivity contribution in [1.82, 2.24) is 15.5 Å². The lowest BCUT2D eigenvalue weighted by Crippen LogP contribution is -2.63. The van der Waals surface area contributed by atoms with Gasteiger partial charge in [0.25, 0.3) is 0 Å². The minimum Gasteiger partial charge on any atom is -0.450 e. The van der Waals surface area contributed by atoms with Crippen molar-refractivity contribution >= 4 is 12.1 Å². The Bertz CT molecular complexity index is 989. The molecule has 1 heterocycles. The number of fused-ring (bicyclic) bond motifs is 1. The predicted octanol–water partition coefficient (Wildman–Crippen LogP) is 4.93. The maximum Gasteiger partial charge on any atom is 0.407 e. The van der Waals surface area contributed by atoms with Crippen LogP contribution in [0.15, 0.2) is 48.5 Å². The third kappa shape index (κ3) is 5.29. The van der Waals surface area contributed by atoms with Crippen LogP contribution in [0.25, 0.3) is 0 Å². The minimum atomic E-state index is -0.403. The van der Waals surface area contributed by atoms with E-state index in [-0.39, 0.29) is 29.5 Å². The summed E-state index contributed by atoms with van der Waals surface area (Å²) in [6, 6.07) is 14.0. The molecule has 2 aromatic carbocycles. The molecule has 3 amide bonds. The molecule has 1 fully saturated rings. The van der Waals surface area contributed by atoms with Crippen LogP contribution in [-0.4, -0.2) is 41.8 Å². The number of nitrogens with one attached hydrogen (secondary N) is 2. The number of carbonyl (C=O) groups is 2. The summed E-state index contributed by atoms with van der Waals surface area (Å²) < 4.78 is 18.7. The summed E-state index contributed by atoms with van der Waals surface area (Å²) in [5.41, 5.74) is 2.78. The van der Waals surface area contributed by atoms with E-state index in [2.05, 4.69) is 16.7 Å². The zero-order valence-corrected chi connectivity index (χ0v) is 19.3. The molecule has 1 saturated carbocycles. The third-order valence-corrected chi connectivity index (χ3v) is 6.59. The molecule has 176 valence electrons.